The third kappa shape index (κ3) is 4.43. The number of hydrogen-bond acceptors (Lipinski definition) is 4. The number of halogens is 2. The Hall–Kier alpha value is -3.41. The van der Waals surface area contributed by atoms with Gasteiger partial charge in [-0.05, 0) is 72.5 Å². The van der Waals surface area contributed by atoms with Crippen molar-refractivity contribution in [3.05, 3.63) is 95.6 Å². The maximum absolute atomic E-state index is 13.3. The summed E-state index contributed by atoms with van der Waals surface area (Å²) in [7, 11) is 0. The van der Waals surface area contributed by atoms with Crippen LogP contribution in [0.4, 0.5) is 14.5 Å². The number of anilines is 1. The summed E-state index contributed by atoms with van der Waals surface area (Å²) in [6.45, 7) is 0. The van der Waals surface area contributed by atoms with Crippen LogP contribution in [0, 0.1) is 17.6 Å². The van der Waals surface area contributed by atoms with Crippen molar-refractivity contribution in [2.75, 3.05) is 5.32 Å². The van der Waals surface area contributed by atoms with Crippen molar-refractivity contribution in [3.63, 3.8) is 0 Å². The molecule has 0 radical (unpaired) electrons. The van der Waals surface area contributed by atoms with Gasteiger partial charge in [0.2, 0.25) is 0 Å². The van der Waals surface area contributed by atoms with E-state index in [2.05, 4.69) is 5.32 Å². The molecule has 0 bridgehead atoms. The number of aromatic hydroxyl groups is 1. The Bertz CT molecular complexity index is 1000. The van der Waals surface area contributed by atoms with Gasteiger partial charge in [-0.25, -0.2) is 8.78 Å². The SMILES string of the molecule is O=C1OC(c2ccc(F)cc2)CCC1C(Nc1ccc(F)cc1)c1ccc(O)cc1. The minimum atomic E-state index is -0.476. The van der Waals surface area contributed by atoms with Crippen LogP contribution in [0.5, 0.6) is 5.75 Å². The van der Waals surface area contributed by atoms with Gasteiger partial charge >= 0.3 is 5.97 Å². The second kappa shape index (κ2) is 8.53. The van der Waals surface area contributed by atoms with E-state index in [1.165, 1.54) is 24.3 Å². The lowest BCUT2D eigenvalue weighted by Crippen LogP contribution is -2.34. The maximum Gasteiger partial charge on any atom is 0.311 e. The first-order chi connectivity index (χ1) is 14.5. The average Bonchev–Trinajstić information content (AvgIpc) is 2.75. The fourth-order valence-electron chi connectivity index (χ4n) is 3.77. The summed E-state index contributed by atoms with van der Waals surface area (Å²) in [5, 5.41) is 12.9. The van der Waals surface area contributed by atoms with E-state index in [1.807, 2.05) is 0 Å². The van der Waals surface area contributed by atoms with Crippen LogP contribution in [0.1, 0.15) is 36.1 Å². The number of phenols is 1. The molecule has 1 aliphatic heterocycles. The number of carbonyl (C=O) groups excluding carboxylic acids is 1. The normalized spacial score (nSPS) is 19.7. The van der Waals surface area contributed by atoms with Gasteiger partial charge in [0.05, 0.1) is 12.0 Å². The Kier molecular flexibility index (Phi) is 5.65. The second-order valence-electron chi connectivity index (χ2n) is 7.38. The summed E-state index contributed by atoms with van der Waals surface area (Å²) < 4.78 is 32.2. The number of esters is 1. The highest BCUT2D eigenvalue weighted by Gasteiger charge is 2.37. The molecule has 6 heteroatoms. The van der Waals surface area contributed by atoms with Gasteiger partial charge < -0.3 is 15.2 Å². The largest absolute Gasteiger partial charge is 0.508 e. The second-order valence-corrected chi connectivity index (χ2v) is 7.38. The fourth-order valence-corrected chi connectivity index (χ4v) is 3.77. The van der Waals surface area contributed by atoms with Crippen LogP contribution in [0.25, 0.3) is 0 Å². The highest BCUT2D eigenvalue weighted by atomic mass is 19.1. The number of ether oxygens (including phenoxy) is 1. The molecule has 1 fully saturated rings. The van der Waals surface area contributed by atoms with Gasteiger partial charge in [0.1, 0.15) is 23.5 Å². The van der Waals surface area contributed by atoms with E-state index in [4.69, 9.17) is 4.74 Å². The van der Waals surface area contributed by atoms with E-state index in [-0.39, 0.29) is 23.4 Å². The molecule has 0 aliphatic carbocycles. The molecule has 1 heterocycles. The molecule has 3 aromatic carbocycles. The zero-order valence-electron chi connectivity index (χ0n) is 16.1. The number of rotatable bonds is 5. The van der Waals surface area contributed by atoms with E-state index in [0.717, 1.165) is 11.1 Å². The number of phenolic OH excluding ortho intramolecular Hbond substituents is 1. The molecule has 0 amide bonds. The maximum atomic E-state index is 13.3. The molecule has 3 unspecified atom stereocenters. The van der Waals surface area contributed by atoms with Crippen LogP contribution in [-0.2, 0) is 9.53 Å². The molecule has 0 saturated carbocycles. The quantitative estimate of drug-likeness (QED) is 0.545. The number of hydrogen-bond donors (Lipinski definition) is 2. The Labute approximate surface area is 173 Å². The molecule has 3 atom stereocenters. The lowest BCUT2D eigenvalue weighted by molar-refractivity contribution is -0.161. The Morgan fingerprint density at radius 3 is 2.07 bits per heavy atom. The smallest absolute Gasteiger partial charge is 0.311 e. The first kappa shape index (κ1) is 19.9. The van der Waals surface area contributed by atoms with Crippen LogP contribution < -0.4 is 5.32 Å². The van der Waals surface area contributed by atoms with Crippen molar-refractivity contribution in [1.82, 2.24) is 0 Å². The van der Waals surface area contributed by atoms with Gasteiger partial charge in [0.15, 0.2) is 0 Å². The fraction of sp³-hybridized carbons (Fsp3) is 0.208. The van der Waals surface area contributed by atoms with Gasteiger partial charge in [0.25, 0.3) is 0 Å². The Morgan fingerprint density at radius 1 is 0.867 bits per heavy atom. The Balaban J connectivity index is 1.57. The van der Waals surface area contributed by atoms with Crippen LogP contribution in [0.15, 0.2) is 72.8 Å². The predicted molar refractivity (Wildman–Crippen MR) is 109 cm³/mol. The van der Waals surface area contributed by atoms with Crippen molar-refractivity contribution in [2.45, 2.75) is 25.0 Å². The summed E-state index contributed by atoms with van der Waals surface area (Å²) in [5.74, 6) is -1.39. The number of benzene rings is 3. The van der Waals surface area contributed by atoms with E-state index in [9.17, 15) is 18.7 Å². The number of carbonyl (C=O) groups is 1. The van der Waals surface area contributed by atoms with Crippen LogP contribution >= 0.6 is 0 Å². The summed E-state index contributed by atoms with van der Waals surface area (Å²) in [6, 6.07) is 18.1. The predicted octanol–water partition coefficient (Wildman–Crippen LogP) is 5.52. The third-order valence-corrected chi connectivity index (χ3v) is 5.36. The van der Waals surface area contributed by atoms with E-state index >= 15 is 0 Å². The van der Waals surface area contributed by atoms with Crippen molar-refractivity contribution < 1.29 is 23.4 Å². The lowest BCUT2D eigenvalue weighted by Gasteiger charge is -2.34. The van der Waals surface area contributed by atoms with Crippen LogP contribution in [0.3, 0.4) is 0 Å². The van der Waals surface area contributed by atoms with Gasteiger partial charge in [-0.3, -0.25) is 4.79 Å². The molecular formula is C24H21F2NO3. The first-order valence-electron chi connectivity index (χ1n) is 9.76. The monoisotopic (exact) mass is 409 g/mol. The highest BCUT2D eigenvalue weighted by Crippen LogP contribution is 2.39. The minimum absolute atomic E-state index is 0.127. The van der Waals surface area contributed by atoms with Gasteiger partial charge in [0, 0.05) is 5.69 Å². The van der Waals surface area contributed by atoms with Gasteiger partial charge in [-0.2, -0.15) is 0 Å². The molecular weight excluding hydrogens is 388 g/mol. The standard InChI is InChI=1S/C24H21F2NO3/c25-17-5-1-15(2-6-17)22-14-13-21(24(29)30-22)23(16-3-11-20(28)12-4-16)27-19-9-7-18(26)8-10-19/h1-12,21-23,27-28H,13-14H2. The van der Waals surface area contributed by atoms with Crippen molar-refractivity contribution in [2.24, 2.45) is 5.92 Å². The highest BCUT2D eigenvalue weighted by molar-refractivity contribution is 5.75. The number of nitrogens with one attached hydrogen (secondary N) is 1. The molecule has 3 aromatic rings. The number of cyclic esters (lactones) is 1. The third-order valence-electron chi connectivity index (χ3n) is 5.36. The molecule has 1 aliphatic rings. The zero-order chi connectivity index (χ0) is 21.1. The summed E-state index contributed by atoms with van der Waals surface area (Å²) in [6.07, 6.45) is 0.739. The topological polar surface area (TPSA) is 58.6 Å². The average molecular weight is 409 g/mol. The minimum Gasteiger partial charge on any atom is -0.508 e. The molecule has 4 rings (SSSR count). The van der Waals surface area contributed by atoms with Gasteiger partial charge in [-0.1, -0.05) is 24.3 Å². The molecule has 0 spiro atoms. The summed E-state index contributed by atoms with van der Waals surface area (Å²) >= 11 is 0. The Morgan fingerprint density at radius 2 is 1.47 bits per heavy atom. The lowest BCUT2D eigenvalue weighted by atomic mass is 9.85. The molecule has 1 saturated heterocycles. The summed E-state index contributed by atoms with van der Waals surface area (Å²) in [4.78, 5) is 12.9. The molecule has 154 valence electrons. The molecule has 0 aromatic heterocycles. The van der Waals surface area contributed by atoms with Crippen molar-refractivity contribution in [1.29, 1.82) is 0 Å². The van der Waals surface area contributed by atoms with Crippen LogP contribution in [-0.4, -0.2) is 11.1 Å². The zero-order valence-corrected chi connectivity index (χ0v) is 16.1. The first-order valence-corrected chi connectivity index (χ1v) is 9.76. The summed E-state index contributed by atoms with van der Waals surface area (Å²) in [5.41, 5.74) is 2.23. The van der Waals surface area contributed by atoms with Crippen molar-refractivity contribution >= 4 is 11.7 Å². The van der Waals surface area contributed by atoms with E-state index < -0.39 is 18.1 Å². The van der Waals surface area contributed by atoms with Crippen LogP contribution in [0.2, 0.25) is 0 Å². The van der Waals surface area contributed by atoms with E-state index in [1.54, 1.807) is 48.5 Å². The van der Waals surface area contributed by atoms with Crippen molar-refractivity contribution in [3.8, 4) is 5.75 Å². The molecule has 30 heavy (non-hydrogen) atoms. The molecule has 4 nitrogen and oxygen atoms in total. The van der Waals surface area contributed by atoms with E-state index in [0.29, 0.717) is 18.5 Å². The molecule has 2 N–H and O–H groups in total. The van der Waals surface area contributed by atoms with Gasteiger partial charge in [-0.15, -0.1) is 0 Å².